The quantitative estimate of drug-likeness (QED) is 0.570. The van der Waals surface area contributed by atoms with Crippen LogP contribution in [0, 0.1) is 5.92 Å². The first-order valence-corrected chi connectivity index (χ1v) is 9.21. The number of likely N-dealkylation sites (tertiary alicyclic amines) is 1. The van der Waals surface area contributed by atoms with Crippen molar-refractivity contribution in [3.63, 3.8) is 0 Å². The van der Waals surface area contributed by atoms with Crippen molar-refractivity contribution in [2.75, 3.05) is 24.6 Å². The molecule has 1 saturated heterocycles. The number of nitrogens with zero attached hydrogens (tertiary/aromatic N) is 1. The van der Waals surface area contributed by atoms with E-state index in [-0.39, 0.29) is 11.0 Å². The number of hydrogen-bond acceptors (Lipinski definition) is 4. The van der Waals surface area contributed by atoms with Gasteiger partial charge in [-0.15, -0.1) is 11.8 Å². The molecule has 0 bridgehead atoms. The number of carbonyl (C=O) groups excluding carboxylic acids is 2. The van der Waals surface area contributed by atoms with E-state index in [9.17, 15) is 9.59 Å². The Balaban J connectivity index is 1.64. The molecule has 1 aromatic rings. The average Bonchev–Trinajstić information content (AvgIpc) is 2.83. The minimum Gasteiger partial charge on any atom is -0.342 e. The lowest BCUT2D eigenvalue weighted by Gasteiger charge is -2.16. The summed E-state index contributed by atoms with van der Waals surface area (Å²) in [5, 5.41) is 0.139. The zero-order valence-electron chi connectivity index (χ0n) is 12.3. The number of benzene rings is 1. The summed E-state index contributed by atoms with van der Waals surface area (Å²) in [5.41, 5.74) is 0. The topological polar surface area (TPSA) is 37.4 Å². The molecule has 1 aromatic carbocycles. The lowest BCUT2D eigenvalue weighted by atomic mass is 10.1. The first kappa shape index (κ1) is 16.4. The summed E-state index contributed by atoms with van der Waals surface area (Å²) in [5.74, 6) is 2.39. The number of rotatable bonds is 7. The van der Waals surface area contributed by atoms with Crippen molar-refractivity contribution in [2.45, 2.75) is 24.7 Å². The van der Waals surface area contributed by atoms with Crippen LogP contribution in [0.2, 0.25) is 0 Å². The summed E-state index contributed by atoms with van der Waals surface area (Å²) in [7, 11) is 0. The maximum absolute atomic E-state index is 11.9. The Hall–Kier alpha value is -0.940. The molecule has 1 aliphatic heterocycles. The van der Waals surface area contributed by atoms with E-state index >= 15 is 0 Å². The fourth-order valence-corrected chi connectivity index (χ4v) is 3.93. The molecule has 0 spiro atoms. The van der Waals surface area contributed by atoms with Crippen LogP contribution in [-0.4, -0.2) is 40.5 Å². The summed E-state index contributed by atoms with van der Waals surface area (Å²) in [4.78, 5) is 26.1. The van der Waals surface area contributed by atoms with Crippen LogP contribution >= 0.6 is 23.5 Å². The molecule has 5 heteroatoms. The van der Waals surface area contributed by atoms with Crippen molar-refractivity contribution in [2.24, 2.45) is 5.92 Å². The van der Waals surface area contributed by atoms with Crippen LogP contribution in [0.25, 0.3) is 0 Å². The van der Waals surface area contributed by atoms with Crippen LogP contribution in [0.1, 0.15) is 19.8 Å². The molecule has 1 amide bonds. The van der Waals surface area contributed by atoms with E-state index in [4.69, 9.17) is 0 Å². The molecule has 2 rings (SSSR count). The Morgan fingerprint density at radius 1 is 1.33 bits per heavy atom. The second-order valence-electron chi connectivity index (χ2n) is 5.23. The van der Waals surface area contributed by atoms with Crippen LogP contribution in [0.5, 0.6) is 0 Å². The number of hydrogen-bond donors (Lipinski definition) is 0. The molecule has 0 saturated carbocycles. The van der Waals surface area contributed by atoms with Gasteiger partial charge in [-0.25, -0.2) is 0 Å². The third-order valence-electron chi connectivity index (χ3n) is 3.40. The van der Waals surface area contributed by atoms with Crippen LogP contribution in [-0.2, 0) is 9.59 Å². The second-order valence-corrected chi connectivity index (χ2v) is 7.59. The predicted molar refractivity (Wildman–Crippen MR) is 89.6 cm³/mol. The molecule has 1 unspecified atom stereocenters. The van der Waals surface area contributed by atoms with Crippen molar-refractivity contribution >= 4 is 34.5 Å². The predicted octanol–water partition coefficient (Wildman–Crippen LogP) is 3.30. The van der Waals surface area contributed by atoms with Gasteiger partial charge in [0.25, 0.3) is 0 Å². The van der Waals surface area contributed by atoms with Gasteiger partial charge >= 0.3 is 0 Å². The molecule has 3 nitrogen and oxygen atoms in total. The minimum absolute atomic E-state index is 0.139. The van der Waals surface area contributed by atoms with Gasteiger partial charge in [-0.3, -0.25) is 9.59 Å². The Morgan fingerprint density at radius 2 is 2.10 bits per heavy atom. The standard InChI is InChI=1S/C16H21NO2S2/c1-13(18)21-12-14-10-16(19)17(11-14)8-5-9-20-15-6-3-2-4-7-15/h2-4,6-7,14H,5,8-12H2,1H3. The number of amides is 1. The highest BCUT2D eigenvalue weighted by Crippen LogP contribution is 2.23. The third kappa shape index (κ3) is 5.75. The highest BCUT2D eigenvalue weighted by Gasteiger charge is 2.29. The lowest BCUT2D eigenvalue weighted by molar-refractivity contribution is -0.127. The van der Waals surface area contributed by atoms with E-state index in [1.165, 1.54) is 16.7 Å². The summed E-state index contributed by atoms with van der Waals surface area (Å²) >= 11 is 3.17. The van der Waals surface area contributed by atoms with Crippen molar-refractivity contribution in [3.05, 3.63) is 30.3 Å². The summed E-state index contributed by atoms with van der Waals surface area (Å²) in [6, 6.07) is 10.3. The van der Waals surface area contributed by atoms with E-state index in [2.05, 4.69) is 12.1 Å². The molecule has 1 heterocycles. The monoisotopic (exact) mass is 323 g/mol. The fourth-order valence-electron chi connectivity index (χ4n) is 2.38. The Morgan fingerprint density at radius 3 is 2.81 bits per heavy atom. The Labute approximate surface area is 134 Å². The van der Waals surface area contributed by atoms with Crippen LogP contribution in [0.15, 0.2) is 35.2 Å². The second kappa shape index (κ2) is 8.49. The largest absolute Gasteiger partial charge is 0.342 e. The van der Waals surface area contributed by atoms with Gasteiger partial charge in [0.1, 0.15) is 0 Å². The molecule has 1 aliphatic rings. The van der Waals surface area contributed by atoms with Gasteiger partial charge < -0.3 is 4.90 Å². The maximum atomic E-state index is 11.9. The van der Waals surface area contributed by atoms with E-state index in [0.717, 1.165) is 31.0 Å². The molecule has 114 valence electrons. The minimum atomic E-state index is 0.139. The van der Waals surface area contributed by atoms with E-state index in [0.29, 0.717) is 12.3 Å². The first-order chi connectivity index (χ1) is 10.1. The summed E-state index contributed by atoms with van der Waals surface area (Å²) in [6.07, 6.45) is 1.62. The van der Waals surface area contributed by atoms with Gasteiger partial charge in [-0.1, -0.05) is 30.0 Å². The van der Waals surface area contributed by atoms with Gasteiger partial charge in [0.2, 0.25) is 5.91 Å². The molecule has 0 radical (unpaired) electrons. The molecular formula is C16H21NO2S2. The Kier molecular flexibility index (Phi) is 6.64. The maximum Gasteiger partial charge on any atom is 0.222 e. The van der Waals surface area contributed by atoms with Crippen molar-refractivity contribution in [1.82, 2.24) is 4.90 Å². The zero-order valence-corrected chi connectivity index (χ0v) is 13.9. The Bertz CT molecular complexity index is 478. The molecule has 0 N–H and O–H groups in total. The van der Waals surface area contributed by atoms with Crippen LogP contribution in [0.3, 0.4) is 0 Å². The number of thioether (sulfide) groups is 2. The van der Waals surface area contributed by atoms with Gasteiger partial charge in [0.15, 0.2) is 5.12 Å². The van der Waals surface area contributed by atoms with E-state index in [1.807, 2.05) is 34.9 Å². The number of carbonyl (C=O) groups is 2. The van der Waals surface area contributed by atoms with Crippen LogP contribution < -0.4 is 0 Å². The molecule has 21 heavy (non-hydrogen) atoms. The van der Waals surface area contributed by atoms with Gasteiger partial charge in [-0.2, -0.15) is 0 Å². The average molecular weight is 323 g/mol. The van der Waals surface area contributed by atoms with Gasteiger partial charge in [-0.05, 0) is 30.2 Å². The fraction of sp³-hybridized carbons (Fsp3) is 0.500. The van der Waals surface area contributed by atoms with Gasteiger partial charge in [0, 0.05) is 37.1 Å². The molecular weight excluding hydrogens is 302 g/mol. The highest BCUT2D eigenvalue weighted by atomic mass is 32.2. The van der Waals surface area contributed by atoms with E-state index < -0.39 is 0 Å². The molecule has 1 atom stereocenters. The normalized spacial score (nSPS) is 18.2. The molecule has 0 aliphatic carbocycles. The summed E-state index contributed by atoms with van der Waals surface area (Å²) in [6.45, 7) is 3.23. The lowest BCUT2D eigenvalue weighted by Crippen LogP contribution is -2.26. The van der Waals surface area contributed by atoms with Crippen LogP contribution in [0.4, 0.5) is 0 Å². The smallest absolute Gasteiger partial charge is 0.222 e. The van der Waals surface area contributed by atoms with E-state index in [1.54, 1.807) is 6.92 Å². The molecule has 0 aromatic heterocycles. The SMILES string of the molecule is CC(=O)SCC1CC(=O)N(CCCSc2ccccc2)C1. The first-order valence-electron chi connectivity index (χ1n) is 7.24. The van der Waals surface area contributed by atoms with Crippen molar-refractivity contribution < 1.29 is 9.59 Å². The zero-order chi connectivity index (χ0) is 15.1. The van der Waals surface area contributed by atoms with Crippen molar-refractivity contribution in [1.29, 1.82) is 0 Å². The summed E-state index contributed by atoms with van der Waals surface area (Å²) < 4.78 is 0. The van der Waals surface area contributed by atoms with Gasteiger partial charge in [0.05, 0.1) is 0 Å². The van der Waals surface area contributed by atoms with Crippen molar-refractivity contribution in [3.8, 4) is 0 Å². The highest BCUT2D eigenvalue weighted by molar-refractivity contribution is 8.13. The molecule has 1 fully saturated rings. The third-order valence-corrected chi connectivity index (χ3v) is 5.54.